The number of hydrogen-bond acceptors (Lipinski definition) is 5. The Balaban J connectivity index is 1.30. The van der Waals surface area contributed by atoms with Crippen LogP contribution in [0.25, 0.3) is 0 Å². The lowest BCUT2D eigenvalue weighted by Gasteiger charge is -2.16. The summed E-state index contributed by atoms with van der Waals surface area (Å²) >= 11 is 0. The van der Waals surface area contributed by atoms with E-state index < -0.39 is 25.0 Å². The van der Waals surface area contributed by atoms with E-state index in [1.807, 2.05) is 38.1 Å². The normalized spacial score (nSPS) is 27.3. The molecule has 1 saturated carbocycles. The number of allylic oxidation sites excluding steroid dienone is 2. The van der Waals surface area contributed by atoms with Crippen molar-refractivity contribution in [1.29, 1.82) is 0 Å². The molecule has 0 unspecified atom stereocenters. The van der Waals surface area contributed by atoms with E-state index in [0.717, 1.165) is 22.4 Å². The van der Waals surface area contributed by atoms with E-state index in [9.17, 15) is 19.2 Å². The lowest BCUT2D eigenvalue weighted by molar-refractivity contribution is -0.154. The van der Waals surface area contributed by atoms with Gasteiger partial charge in [0, 0.05) is 5.69 Å². The van der Waals surface area contributed by atoms with Gasteiger partial charge in [-0.05, 0) is 49.3 Å². The predicted octanol–water partition coefficient (Wildman–Crippen LogP) is 1.59. The van der Waals surface area contributed by atoms with Crippen LogP contribution in [0.1, 0.15) is 17.5 Å². The molecule has 28 heavy (non-hydrogen) atoms. The van der Waals surface area contributed by atoms with E-state index in [-0.39, 0.29) is 35.5 Å². The Bertz CT molecular complexity index is 876. The molecule has 7 heteroatoms. The molecule has 0 spiro atoms. The molecule has 146 valence electrons. The molecule has 0 aromatic heterocycles. The number of likely N-dealkylation sites (tertiary alicyclic amines) is 1. The molecule has 1 saturated heterocycles. The highest BCUT2D eigenvalue weighted by Crippen LogP contribution is 2.52. The first-order valence-corrected chi connectivity index (χ1v) is 9.42. The van der Waals surface area contributed by atoms with E-state index in [4.69, 9.17) is 4.74 Å². The maximum Gasteiger partial charge on any atom is 0.326 e. The zero-order chi connectivity index (χ0) is 20.0. The van der Waals surface area contributed by atoms with Crippen molar-refractivity contribution in [3.63, 3.8) is 0 Å². The van der Waals surface area contributed by atoms with Crippen molar-refractivity contribution in [3.8, 4) is 0 Å². The Labute approximate surface area is 162 Å². The topological polar surface area (TPSA) is 92.8 Å². The quantitative estimate of drug-likeness (QED) is 0.474. The number of fused-ring (bicyclic) bond motifs is 5. The summed E-state index contributed by atoms with van der Waals surface area (Å²) in [6.45, 7) is 2.91. The molecule has 7 nitrogen and oxygen atoms in total. The molecule has 2 bridgehead atoms. The van der Waals surface area contributed by atoms with E-state index in [1.54, 1.807) is 6.07 Å². The standard InChI is InChI=1S/C21H22N2O5/c1-11-4-3-5-15(12(11)2)22-16(24)10-28-17(25)9-23-20(26)18-13-6-7-14(8-13)19(18)21(23)27/h3-7,13-14,18-19H,8-10H2,1-2H3,(H,22,24)/t13-,14+,18-,19-/m0/s1. The summed E-state index contributed by atoms with van der Waals surface area (Å²) in [5.41, 5.74) is 2.63. The van der Waals surface area contributed by atoms with Crippen molar-refractivity contribution < 1.29 is 23.9 Å². The molecule has 1 N–H and O–H groups in total. The number of benzene rings is 1. The van der Waals surface area contributed by atoms with Crippen molar-refractivity contribution in [1.82, 2.24) is 4.90 Å². The number of aryl methyl sites for hydroxylation is 1. The van der Waals surface area contributed by atoms with E-state index in [2.05, 4.69) is 5.32 Å². The minimum absolute atomic E-state index is 0.0933. The van der Waals surface area contributed by atoms with Gasteiger partial charge < -0.3 is 10.1 Å². The Hall–Kier alpha value is -2.96. The number of ether oxygens (including phenoxy) is 1. The summed E-state index contributed by atoms with van der Waals surface area (Å²) in [5.74, 6) is -2.34. The van der Waals surface area contributed by atoms with Crippen molar-refractivity contribution in [2.75, 3.05) is 18.5 Å². The third-order valence-electron chi connectivity index (χ3n) is 6.09. The largest absolute Gasteiger partial charge is 0.454 e. The van der Waals surface area contributed by atoms with Crippen molar-refractivity contribution in [2.45, 2.75) is 20.3 Å². The Morgan fingerprint density at radius 1 is 1.11 bits per heavy atom. The van der Waals surface area contributed by atoms with Crippen LogP contribution in [-0.4, -0.2) is 41.7 Å². The Morgan fingerprint density at radius 3 is 2.39 bits per heavy atom. The number of esters is 1. The summed E-state index contributed by atoms with van der Waals surface area (Å²) in [6, 6.07) is 5.53. The van der Waals surface area contributed by atoms with Gasteiger partial charge in [0.25, 0.3) is 5.91 Å². The van der Waals surface area contributed by atoms with Gasteiger partial charge in [-0.1, -0.05) is 24.3 Å². The van der Waals surface area contributed by atoms with Gasteiger partial charge in [-0.25, -0.2) is 0 Å². The number of carbonyl (C=O) groups is 4. The van der Waals surface area contributed by atoms with Gasteiger partial charge in [-0.3, -0.25) is 24.1 Å². The molecule has 3 aliphatic rings. The van der Waals surface area contributed by atoms with Gasteiger partial charge in [0.15, 0.2) is 6.61 Å². The number of imide groups is 1. The maximum absolute atomic E-state index is 12.6. The van der Waals surface area contributed by atoms with Gasteiger partial charge in [0.1, 0.15) is 6.54 Å². The zero-order valence-electron chi connectivity index (χ0n) is 15.8. The molecule has 1 aromatic rings. The zero-order valence-corrected chi connectivity index (χ0v) is 15.8. The molecule has 1 heterocycles. The van der Waals surface area contributed by atoms with Crippen LogP contribution in [0, 0.1) is 37.5 Å². The van der Waals surface area contributed by atoms with Crippen LogP contribution < -0.4 is 5.32 Å². The minimum Gasteiger partial charge on any atom is -0.454 e. The fourth-order valence-corrected chi connectivity index (χ4v) is 4.51. The Morgan fingerprint density at radius 2 is 1.75 bits per heavy atom. The van der Waals surface area contributed by atoms with Crippen LogP contribution in [0.5, 0.6) is 0 Å². The smallest absolute Gasteiger partial charge is 0.326 e. The number of hydrogen-bond donors (Lipinski definition) is 1. The maximum atomic E-state index is 12.6. The molecular formula is C21H22N2O5. The van der Waals surface area contributed by atoms with Gasteiger partial charge in [-0.2, -0.15) is 0 Å². The SMILES string of the molecule is Cc1cccc(NC(=O)COC(=O)CN2C(=O)[C@@H]3[C@@H](C2=O)[C@H]2C=C[C@@H]3C2)c1C. The molecule has 1 aliphatic heterocycles. The fraction of sp³-hybridized carbons (Fsp3) is 0.429. The summed E-state index contributed by atoms with van der Waals surface area (Å²) in [4.78, 5) is 50.3. The average molecular weight is 382 g/mol. The lowest BCUT2D eigenvalue weighted by Crippen LogP contribution is -2.38. The van der Waals surface area contributed by atoms with E-state index >= 15 is 0 Å². The lowest BCUT2D eigenvalue weighted by atomic mass is 9.85. The van der Waals surface area contributed by atoms with Gasteiger partial charge in [0.2, 0.25) is 11.8 Å². The molecular weight excluding hydrogens is 360 g/mol. The molecule has 0 radical (unpaired) electrons. The molecule has 4 atom stereocenters. The second kappa shape index (κ2) is 6.89. The van der Waals surface area contributed by atoms with Gasteiger partial charge in [0.05, 0.1) is 11.8 Å². The fourth-order valence-electron chi connectivity index (χ4n) is 4.51. The first-order valence-electron chi connectivity index (χ1n) is 9.42. The highest BCUT2D eigenvalue weighted by Gasteiger charge is 2.59. The Kier molecular flexibility index (Phi) is 4.53. The first kappa shape index (κ1) is 18.4. The van der Waals surface area contributed by atoms with Gasteiger partial charge >= 0.3 is 5.97 Å². The highest BCUT2D eigenvalue weighted by atomic mass is 16.5. The van der Waals surface area contributed by atoms with E-state index in [1.165, 1.54) is 0 Å². The van der Waals surface area contributed by atoms with Crippen molar-refractivity contribution >= 4 is 29.4 Å². The predicted molar refractivity (Wildman–Crippen MR) is 99.9 cm³/mol. The second-order valence-corrected chi connectivity index (χ2v) is 7.72. The molecule has 1 aromatic carbocycles. The van der Waals surface area contributed by atoms with Crippen LogP contribution in [0.3, 0.4) is 0 Å². The third kappa shape index (κ3) is 3.00. The monoisotopic (exact) mass is 382 g/mol. The highest BCUT2D eigenvalue weighted by molar-refractivity contribution is 6.08. The second-order valence-electron chi connectivity index (χ2n) is 7.72. The summed E-state index contributed by atoms with van der Waals surface area (Å²) in [6.07, 6.45) is 4.83. The number of nitrogens with zero attached hydrogens (tertiary/aromatic N) is 1. The van der Waals surface area contributed by atoms with Crippen molar-refractivity contribution in [3.05, 3.63) is 41.5 Å². The number of carbonyl (C=O) groups excluding carboxylic acids is 4. The van der Waals surface area contributed by atoms with Crippen molar-refractivity contribution in [2.24, 2.45) is 23.7 Å². The van der Waals surface area contributed by atoms with E-state index in [0.29, 0.717) is 5.69 Å². The number of amides is 3. The third-order valence-corrected chi connectivity index (χ3v) is 6.09. The molecule has 3 amide bonds. The summed E-state index contributed by atoms with van der Waals surface area (Å²) < 4.78 is 4.98. The minimum atomic E-state index is -0.766. The van der Waals surface area contributed by atoms with Crippen LogP contribution >= 0.6 is 0 Å². The number of rotatable bonds is 5. The molecule has 4 rings (SSSR count). The molecule has 2 aliphatic carbocycles. The van der Waals surface area contributed by atoms with Crippen LogP contribution in [0.4, 0.5) is 5.69 Å². The van der Waals surface area contributed by atoms with Gasteiger partial charge in [-0.15, -0.1) is 0 Å². The van der Waals surface area contributed by atoms with Crippen LogP contribution in [0.2, 0.25) is 0 Å². The number of anilines is 1. The number of nitrogens with one attached hydrogen (secondary N) is 1. The van der Waals surface area contributed by atoms with Crippen LogP contribution in [-0.2, 0) is 23.9 Å². The molecule has 2 fully saturated rings. The summed E-state index contributed by atoms with van der Waals surface area (Å²) in [7, 11) is 0. The van der Waals surface area contributed by atoms with Crippen LogP contribution in [0.15, 0.2) is 30.4 Å². The average Bonchev–Trinajstić information content (AvgIpc) is 3.34. The first-order chi connectivity index (χ1) is 13.4. The summed E-state index contributed by atoms with van der Waals surface area (Å²) in [5, 5.41) is 2.70.